The van der Waals surface area contributed by atoms with E-state index < -0.39 is 10.0 Å². The number of sulfonamides is 1. The molecule has 0 spiro atoms. The molecule has 2 aromatic rings. The quantitative estimate of drug-likeness (QED) is 0.571. The highest BCUT2D eigenvalue weighted by molar-refractivity contribution is 7.99. The SMILES string of the molecule is Cc1ccc(NC(=O)CSc2ncccn2)c(S(=O)(=O)N2CCOCC2)c1. The predicted molar refractivity (Wildman–Crippen MR) is 102 cm³/mol. The average Bonchev–Trinajstić information content (AvgIpc) is 2.69. The van der Waals surface area contributed by atoms with Crippen molar-refractivity contribution in [3.05, 3.63) is 42.2 Å². The first-order valence-electron chi connectivity index (χ1n) is 8.35. The zero-order valence-electron chi connectivity index (χ0n) is 14.8. The van der Waals surface area contributed by atoms with Gasteiger partial charge >= 0.3 is 0 Å². The van der Waals surface area contributed by atoms with E-state index in [1.807, 2.05) is 6.92 Å². The van der Waals surface area contributed by atoms with E-state index >= 15 is 0 Å². The minimum atomic E-state index is -3.72. The summed E-state index contributed by atoms with van der Waals surface area (Å²) in [6, 6.07) is 6.65. The second-order valence-corrected chi connectivity index (χ2v) is 8.73. The highest BCUT2D eigenvalue weighted by Crippen LogP contribution is 2.27. The first-order valence-corrected chi connectivity index (χ1v) is 10.8. The van der Waals surface area contributed by atoms with E-state index in [1.54, 1.807) is 36.7 Å². The number of aromatic nitrogens is 2. The van der Waals surface area contributed by atoms with Crippen LogP contribution in [-0.2, 0) is 19.6 Å². The second kappa shape index (κ2) is 8.79. The third-order valence-corrected chi connectivity index (χ3v) is 6.69. The number of nitrogens with zero attached hydrogens (tertiary/aromatic N) is 3. The zero-order chi connectivity index (χ0) is 19.3. The van der Waals surface area contributed by atoms with Crippen LogP contribution in [-0.4, -0.2) is 60.7 Å². The maximum atomic E-state index is 13.0. The highest BCUT2D eigenvalue weighted by atomic mass is 32.2. The van der Waals surface area contributed by atoms with Crippen molar-refractivity contribution >= 4 is 33.4 Å². The molecular formula is C17H20N4O4S2. The first kappa shape index (κ1) is 19.7. The summed E-state index contributed by atoms with van der Waals surface area (Å²) in [6.45, 7) is 3.13. The van der Waals surface area contributed by atoms with Crippen molar-refractivity contribution in [3.63, 3.8) is 0 Å². The largest absolute Gasteiger partial charge is 0.379 e. The maximum absolute atomic E-state index is 13.0. The van der Waals surface area contributed by atoms with Gasteiger partial charge in [0.15, 0.2) is 5.16 Å². The van der Waals surface area contributed by atoms with Gasteiger partial charge in [-0.2, -0.15) is 4.31 Å². The molecule has 0 bridgehead atoms. The fraction of sp³-hybridized carbons (Fsp3) is 0.353. The minimum absolute atomic E-state index is 0.0783. The molecule has 3 rings (SSSR count). The van der Waals surface area contributed by atoms with Gasteiger partial charge in [0.25, 0.3) is 0 Å². The predicted octanol–water partition coefficient (Wildman–Crippen LogP) is 1.54. The molecule has 1 aromatic carbocycles. The normalized spacial score (nSPS) is 15.4. The van der Waals surface area contributed by atoms with Crippen molar-refractivity contribution in [1.82, 2.24) is 14.3 Å². The monoisotopic (exact) mass is 408 g/mol. The van der Waals surface area contributed by atoms with E-state index in [0.29, 0.717) is 31.5 Å². The van der Waals surface area contributed by atoms with E-state index in [4.69, 9.17) is 4.74 Å². The number of rotatable bonds is 6. The number of benzene rings is 1. The Morgan fingerprint density at radius 1 is 1.26 bits per heavy atom. The molecule has 0 saturated carbocycles. The van der Waals surface area contributed by atoms with E-state index in [1.165, 1.54) is 16.1 Å². The van der Waals surface area contributed by atoms with Crippen LogP contribution in [0.1, 0.15) is 5.56 Å². The maximum Gasteiger partial charge on any atom is 0.245 e. The smallest absolute Gasteiger partial charge is 0.245 e. The van der Waals surface area contributed by atoms with Gasteiger partial charge in [-0.3, -0.25) is 4.79 Å². The topological polar surface area (TPSA) is 101 Å². The number of nitrogens with one attached hydrogen (secondary N) is 1. The van der Waals surface area contributed by atoms with Gasteiger partial charge in [-0.15, -0.1) is 0 Å². The van der Waals surface area contributed by atoms with Gasteiger partial charge in [-0.25, -0.2) is 18.4 Å². The number of morpholine rings is 1. The summed E-state index contributed by atoms with van der Waals surface area (Å²) >= 11 is 1.18. The van der Waals surface area contributed by atoms with Crippen LogP contribution in [0.2, 0.25) is 0 Å². The van der Waals surface area contributed by atoms with Crippen LogP contribution in [0.25, 0.3) is 0 Å². The third kappa shape index (κ3) is 5.04. The molecule has 8 nitrogen and oxygen atoms in total. The van der Waals surface area contributed by atoms with Gasteiger partial charge < -0.3 is 10.1 Å². The van der Waals surface area contributed by atoms with Crippen molar-refractivity contribution in [1.29, 1.82) is 0 Å². The Bertz CT molecular complexity index is 900. The molecule has 27 heavy (non-hydrogen) atoms. The number of ether oxygens (including phenoxy) is 1. The molecule has 0 aliphatic carbocycles. The van der Waals surface area contributed by atoms with Crippen molar-refractivity contribution in [2.24, 2.45) is 0 Å². The summed E-state index contributed by atoms with van der Waals surface area (Å²) in [4.78, 5) is 20.5. The van der Waals surface area contributed by atoms with Crippen LogP contribution in [0, 0.1) is 6.92 Å². The number of aryl methyl sites for hydroxylation is 1. The Morgan fingerprint density at radius 2 is 1.96 bits per heavy atom. The Balaban J connectivity index is 1.76. The number of amides is 1. The fourth-order valence-corrected chi connectivity index (χ4v) is 4.79. The lowest BCUT2D eigenvalue weighted by molar-refractivity contribution is -0.113. The summed E-state index contributed by atoms with van der Waals surface area (Å²) in [5.41, 5.74) is 1.07. The van der Waals surface area contributed by atoms with Gasteiger partial charge in [0.1, 0.15) is 4.90 Å². The first-order chi connectivity index (χ1) is 13.0. The zero-order valence-corrected chi connectivity index (χ0v) is 16.4. The van der Waals surface area contributed by atoms with E-state index in [9.17, 15) is 13.2 Å². The summed E-state index contributed by atoms with van der Waals surface area (Å²) in [5.74, 6) is -0.246. The van der Waals surface area contributed by atoms with Crippen molar-refractivity contribution < 1.29 is 17.9 Å². The van der Waals surface area contributed by atoms with Crippen LogP contribution in [0.4, 0.5) is 5.69 Å². The standard InChI is InChI=1S/C17H20N4O4S2/c1-13-3-4-14(20-16(22)12-26-17-18-5-2-6-19-17)15(11-13)27(23,24)21-7-9-25-10-8-21/h2-6,11H,7-10,12H2,1H3,(H,20,22). The highest BCUT2D eigenvalue weighted by Gasteiger charge is 2.29. The van der Waals surface area contributed by atoms with E-state index in [-0.39, 0.29) is 22.2 Å². The van der Waals surface area contributed by atoms with Crippen LogP contribution in [0.3, 0.4) is 0 Å². The van der Waals surface area contributed by atoms with Gasteiger partial charge in [-0.1, -0.05) is 17.8 Å². The number of anilines is 1. The number of thioether (sulfide) groups is 1. The second-order valence-electron chi connectivity index (χ2n) is 5.88. The molecule has 0 atom stereocenters. The molecule has 1 aliphatic rings. The summed E-state index contributed by atoms with van der Waals surface area (Å²) in [5, 5.41) is 3.18. The third-order valence-electron chi connectivity index (χ3n) is 3.87. The number of hydrogen-bond acceptors (Lipinski definition) is 7. The Kier molecular flexibility index (Phi) is 6.42. The molecular weight excluding hydrogens is 388 g/mol. The molecule has 1 amide bonds. The van der Waals surface area contributed by atoms with Crippen LogP contribution >= 0.6 is 11.8 Å². The van der Waals surface area contributed by atoms with Crippen molar-refractivity contribution in [3.8, 4) is 0 Å². The lowest BCUT2D eigenvalue weighted by Crippen LogP contribution is -2.41. The number of carbonyl (C=O) groups excluding carboxylic acids is 1. The van der Waals surface area contributed by atoms with Crippen molar-refractivity contribution in [2.75, 3.05) is 37.4 Å². The molecule has 1 saturated heterocycles. The lowest BCUT2D eigenvalue weighted by atomic mass is 10.2. The van der Waals surface area contributed by atoms with Crippen LogP contribution < -0.4 is 5.32 Å². The number of hydrogen-bond donors (Lipinski definition) is 1. The van der Waals surface area contributed by atoms with Gasteiger partial charge in [0.2, 0.25) is 15.9 Å². The van der Waals surface area contributed by atoms with Gasteiger partial charge in [-0.05, 0) is 30.7 Å². The molecule has 1 N–H and O–H groups in total. The number of carbonyl (C=O) groups is 1. The molecule has 0 radical (unpaired) electrons. The minimum Gasteiger partial charge on any atom is -0.379 e. The van der Waals surface area contributed by atoms with Gasteiger partial charge in [0, 0.05) is 25.5 Å². The lowest BCUT2D eigenvalue weighted by Gasteiger charge is -2.27. The fourth-order valence-electron chi connectivity index (χ4n) is 2.55. The van der Waals surface area contributed by atoms with E-state index in [2.05, 4.69) is 15.3 Å². The van der Waals surface area contributed by atoms with E-state index in [0.717, 1.165) is 5.56 Å². The van der Waals surface area contributed by atoms with Crippen molar-refractivity contribution in [2.45, 2.75) is 17.0 Å². The summed E-state index contributed by atoms with van der Waals surface area (Å²) in [6.07, 6.45) is 3.19. The summed E-state index contributed by atoms with van der Waals surface area (Å²) in [7, 11) is -3.72. The molecule has 1 aromatic heterocycles. The van der Waals surface area contributed by atoms with Crippen LogP contribution in [0.15, 0.2) is 46.7 Å². The molecule has 0 unspecified atom stereocenters. The molecule has 2 heterocycles. The Labute approximate surface area is 162 Å². The molecule has 10 heteroatoms. The molecule has 1 fully saturated rings. The van der Waals surface area contributed by atoms with Crippen LogP contribution in [0.5, 0.6) is 0 Å². The Hall–Kier alpha value is -2.01. The molecule has 144 valence electrons. The van der Waals surface area contributed by atoms with Gasteiger partial charge in [0.05, 0.1) is 24.7 Å². The summed E-state index contributed by atoms with van der Waals surface area (Å²) < 4.78 is 32.6. The average molecular weight is 409 g/mol. The Morgan fingerprint density at radius 3 is 2.67 bits per heavy atom. The molecule has 1 aliphatic heterocycles.